The molecule has 0 aliphatic rings. The Hall–Kier alpha value is -3.40. The van der Waals surface area contributed by atoms with Crippen LogP contribution in [0.1, 0.15) is 0 Å². The molecule has 28 heavy (non-hydrogen) atoms. The quantitative estimate of drug-likeness (QED) is 0.369. The number of nitro groups is 1. The predicted molar refractivity (Wildman–Crippen MR) is 105 cm³/mol. The van der Waals surface area contributed by atoms with Crippen LogP contribution in [-0.2, 0) is 11.8 Å². The van der Waals surface area contributed by atoms with Crippen molar-refractivity contribution in [3.8, 4) is 17.1 Å². The van der Waals surface area contributed by atoms with Crippen LogP contribution in [0.2, 0.25) is 0 Å². The Labute approximate surface area is 164 Å². The fourth-order valence-corrected chi connectivity index (χ4v) is 3.22. The third-order valence-electron chi connectivity index (χ3n) is 3.87. The topological polar surface area (TPSA) is 112 Å². The summed E-state index contributed by atoms with van der Waals surface area (Å²) in [7, 11) is 3.39. The van der Waals surface area contributed by atoms with Gasteiger partial charge in [0.05, 0.1) is 17.8 Å². The van der Waals surface area contributed by atoms with Crippen molar-refractivity contribution in [2.75, 3.05) is 18.2 Å². The Morgan fingerprint density at radius 3 is 2.79 bits per heavy atom. The van der Waals surface area contributed by atoms with Crippen molar-refractivity contribution < 1.29 is 14.5 Å². The number of nitrogens with one attached hydrogen (secondary N) is 1. The van der Waals surface area contributed by atoms with Crippen LogP contribution in [0.3, 0.4) is 0 Å². The lowest BCUT2D eigenvalue weighted by Gasteiger charge is -2.07. The summed E-state index contributed by atoms with van der Waals surface area (Å²) >= 11 is 1.19. The average molecular weight is 399 g/mol. The van der Waals surface area contributed by atoms with E-state index in [9.17, 15) is 14.9 Å². The van der Waals surface area contributed by atoms with E-state index in [2.05, 4.69) is 15.5 Å². The zero-order valence-corrected chi connectivity index (χ0v) is 16.0. The van der Waals surface area contributed by atoms with Gasteiger partial charge in [0, 0.05) is 18.7 Å². The number of anilines is 1. The number of rotatable bonds is 7. The number of carbonyl (C=O) groups excluding carboxylic acids is 1. The number of amides is 1. The number of benzene rings is 2. The van der Waals surface area contributed by atoms with E-state index in [1.54, 1.807) is 30.9 Å². The molecule has 3 aromatic rings. The first-order valence-electron chi connectivity index (χ1n) is 8.19. The third-order valence-corrected chi connectivity index (χ3v) is 4.89. The molecule has 0 spiro atoms. The number of hydrogen-bond donors (Lipinski definition) is 1. The average Bonchev–Trinajstić information content (AvgIpc) is 3.07. The van der Waals surface area contributed by atoms with E-state index < -0.39 is 4.92 Å². The highest BCUT2D eigenvalue weighted by atomic mass is 32.2. The first-order chi connectivity index (χ1) is 13.5. The maximum atomic E-state index is 12.2. The predicted octanol–water partition coefficient (Wildman–Crippen LogP) is 3.13. The summed E-state index contributed by atoms with van der Waals surface area (Å²) in [4.78, 5) is 22.7. The number of ether oxygens (including phenoxy) is 1. The van der Waals surface area contributed by atoms with E-state index in [4.69, 9.17) is 4.74 Å². The molecule has 10 heteroatoms. The lowest BCUT2D eigenvalue weighted by molar-refractivity contribution is -0.383. The molecule has 9 nitrogen and oxygen atoms in total. The molecule has 1 amide bonds. The minimum atomic E-state index is -0.536. The molecular weight excluding hydrogens is 382 g/mol. The van der Waals surface area contributed by atoms with Gasteiger partial charge in [-0.1, -0.05) is 36.0 Å². The van der Waals surface area contributed by atoms with Gasteiger partial charge in [0.15, 0.2) is 11.0 Å². The van der Waals surface area contributed by atoms with Crippen LogP contribution in [0.4, 0.5) is 11.4 Å². The van der Waals surface area contributed by atoms with Gasteiger partial charge >= 0.3 is 0 Å². The van der Waals surface area contributed by atoms with Crippen LogP contribution in [0.25, 0.3) is 11.4 Å². The summed E-state index contributed by atoms with van der Waals surface area (Å²) in [6.07, 6.45) is 0. The highest BCUT2D eigenvalue weighted by Gasteiger charge is 2.17. The van der Waals surface area contributed by atoms with E-state index in [0.717, 1.165) is 5.56 Å². The SMILES string of the molecule is COc1cccc(-c2nnc(SCC(=O)Nc3ccccc3[N+](=O)[O-])n2C)c1. The first kappa shape index (κ1) is 19.4. The summed E-state index contributed by atoms with van der Waals surface area (Å²) < 4.78 is 7.00. The lowest BCUT2D eigenvalue weighted by atomic mass is 10.2. The van der Waals surface area contributed by atoms with Crippen molar-refractivity contribution in [3.63, 3.8) is 0 Å². The van der Waals surface area contributed by atoms with Crippen LogP contribution < -0.4 is 10.1 Å². The van der Waals surface area contributed by atoms with Gasteiger partial charge in [-0.25, -0.2) is 0 Å². The minimum Gasteiger partial charge on any atom is -0.497 e. The molecule has 0 radical (unpaired) electrons. The fourth-order valence-electron chi connectivity index (χ4n) is 2.51. The zero-order valence-electron chi connectivity index (χ0n) is 15.2. The van der Waals surface area contributed by atoms with Gasteiger partial charge in [0.1, 0.15) is 11.4 Å². The summed E-state index contributed by atoms with van der Waals surface area (Å²) in [5.41, 5.74) is 0.846. The molecule has 0 fully saturated rings. The second kappa shape index (κ2) is 8.53. The zero-order chi connectivity index (χ0) is 20.1. The van der Waals surface area contributed by atoms with Crippen molar-refractivity contribution in [2.45, 2.75) is 5.16 Å². The maximum absolute atomic E-state index is 12.2. The number of thioether (sulfide) groups is 1. The Morgan fingerprint density at radius 1 is 1.25 bits per heavy atom. The standard InChI is InChI=1S/C18H17N5O4S/c1-22-17(12-6-5-7-13(10-12)27-2)20-21-18(22)28-11-16(24)19-14-8-3-4-9-15(14)23(25)26/h3-10H,11H2,1-2H3,(H,19,24). The van der Waals surface area contributed by atoms with Crippen molar-refractivity contribution in [3.05, 3.63) is 58.6 Å². The molecule has 0 atom stereocenters. The Bertz CT molecular complexity index is 1020. The van der Waals surface area contributed by atoms with Gasteiger partial charge in [-0.05, 0) is 18.2 Å². The van der Waals surface area contributed by atoms with E-state index >= 15 is 0 Å². The van der Waals surface area contributed by atoms with Gasteiger partial charge in [-0.2, -0.15) is 0 Å². The highest BCUT2D eigenvalue weighted by molar-refractivity contribution is 7.99. The monoisotopic (exact) mass is 399 g/mol. The maximum Gasteiger partial charge on any atom is 0.292 e. The lowest BCUT2D eigenvalue weighted by Crippen LogP contribution is -2.15. The molecule has 1 N–H and O–H groups in total. The molecule has 3 rings (SSSR count). The van der Waals surface area contributed by atoms with Gasteiger partial charge in [0.25, 0.3) is 5.69 Å². The summed E-state index contributed by atoms with van der Waals surface area (Å²) in [6, 6.07) is 13.4. The normalized spacial score (nSPS) is 10.5. The molecule has 0 aliphatic heterocycles. The summed E-state index contributed by atoms with van der Waals surface area (Å²) in [5.74, 6) is 1.01. The second-order valence-corrected chi connectivity index (χ2v) is 6.65. The smallest absolute Gasteiger partial charge is 0.292 e. The molecule has 0 saturated carbocycles. The van der Waals surface area contributed by atoms with E-state index in [1.807, 2.05) is 24.3 Å². The summed E-state index contributed by atoms with van der Waals surface area (Å²) in [6.45, 7) is 0. The molecule has 0 saturated heterocycles. The highest BCUT2D eigenvalue weighted by Crippen LogP contribution is 2.26. The number of para-hydroxylation sites is 2. The Kier molecular flexibility index (Phi) is 5.90. The molecule has 0 bridgehead atoms. The number of hydrogen-bond acceptors (Lipinski definition) is 7. The van der Waals surface area contributed by atoms with Crippen LogP contribution >= 0.6 is 11.8 Å². The van der Waals surface area contributed by atoms with Crippen LogP contribution in [0, 0.1) is 10.1 Å². The minimum absolute atomic E-state index is 0.0378. The molecular formula is C18H17N5O4S. The van der Waals surface area contributed by atoms with Crippen molar-refractivity contribution in [1.82, 2.24) is 14.8 Å². The molecule has 0 unspecified atom stereocenters. The van der Waals surface area contributed by atoms with Crippen LogP contribution in [-0.4, -0.2) is 38.5 Å². The number of carbonyl (C=O) groups is 1. The molecule has 1 aromatic heterocycles. The van der Waals surface area contributed by atoms with E-state index in [0.29, 0.717) is 16.7 Å². The van der Waals surface area contributed by atoms with Crippen molar-refractivity contribution in [2.24, 2.45) is 7.05 Å². The van der Waals surface area contributed by atoms with E-state index in [1.165, 1.54) is 23.9 Å². The molecule has 2 aromatic carbocycles. The summed E-state index contributed by atoms with van der Waals surface area (Å²) in [5, 5.41) is 22.4. The van der Waals surface area contributed by atoms with E-state index in [-0.39, 0.29) is 23.0 Å². The van der Waals surface area contributed by atoms with Gasteiger partial charge in [-0.3, -0.25) is 14.9 Å². The number of nitro benzene ring substituents is 1. The fraction of sp³-hybridized carbons (Fsp3) is 0.167. The molecule has 1 heterocycles. The van der Waals surface area contributed by atoms with Gasteiger partial charge < -0.3 is 14.6 Å². The second-order valence-electron chi connectivity index (χ2n) is 5.71. The Balaban J connectivity index is 1.68. The number of methoxy groups -OCH3 is 1. The largest absolute Gasteiger partial charge is 0.497 e. The van der Waals surface area contributed by atoms with Crippen molar-refractivity contribution >= 4 is 29.0 Å². The molecule has 144 valence electrons. The third kappa shape index (κ3) is 4.29. The number of aromatic nitrogens is 3. The molecule has 0 aliphatic carbocycles. The van der Waals surface area contributed by atoms with Crippen LogP contribution in [0.15, 0.2) is 53.7 Å². The van der Waals surface area contributed by atoms with Crippen LogP contribution in [0.5, 0.6) is 5.75 Å². The van der Waals surface area contributed by atoms with Gasteiger partial charge in [0.2, 0.25) is 5.91 Å². The first-order valence-corrected chi connectivity index (χ1v) is 9.18. The van der Waals surface area contributed by atoms with Crippen molar-refractivity contribution in [1.29, 1.82) is 0 Å². The Morgan fingerprint density at radius 2 is 2.04 bits per heavy atom. The number of nitrogens with zero attached hydrogens (tertiary/aromatic N) is 4. The van der Waals surface area contributed by atoms with Gasteiger partial charge in [-0.15, -0.1) is 10.2 Å².